The summed E-state index contributed by atoms with van der Waals surface area (Å²) in [5, 5.41) is 0. The third-order valence-corrected chi connectivity index (χ3v) is 3.78. The molecule has 3 aromatic carbocycles. The molecule has 0 fully saturated rings. The van der Waals surface area contributed by atoms with E-state index in [4.69, 9.17) is 0 Å². The van der Waals surface area contributed by atoms with Gasteiger partial charge in [-0.25, -0.2) is 0 Å². The Morgan fingerprint density at radius 2 is 1.05 bits per heavy atom. The molecule has 3 rings (SSSR count). The van der Waals surface area contributed by atoms with Crippen LogP contribution in [0.2, 0.25) is 0 Å². The summed E-state index contributed by atoms with van der Waals surface area (Å²) in [5.74, 6) is 0. The molecular formula is C20H19N. The Balaban J connectivity index is 1.85. The maximum Gasteiger partial charge on any atom is 0.0408 e. The maximum absolute atomic E-state index is 2.20. The molecule has 104 valence electrons. The van der Waals surface area contributed by atoms with E-state index in [-0.39, 0.29) is 0 Å². The van der Waals surface area contributed by atoms with Crippen LogP contribution in [0.5, 0.6) is 0 Å². The predicted octanol–water partition coefficient (Wildman–Crippen LogP) is 5.43. The Morgan fingerprint density at radius 3 is 1.62 bits per heavy atom. The standard InChI is InChI=1S/C20H19N/c1-16-8-12-19(13-9-16)21(2)20-14-10-18(11-15-20)17-6-4-3-5-7-17/h3-15H,1-2H3. The molecule has 1 nitrogen and oxygen atoms in total. The van der Waals surface area contributed by atoms with Crippen LogP contribution in [0, 0.1) is 6.92 Å². The van der Waals surface area contributed by atoms with E-state index in [2.05, 4.69) is 91.7 Å². The van der Waals surface area contributed by atoms with Gasteiger partial charge in [-0.1, -0.05) is 60.2 Å². The van der Waals surface area contributed by atoms with Gasteiger partial charge in [-0.05, 0) is 42.3 Å². The summed E-state index contributed by atoms with van der Waals surface area (Å²) >= 11 is 0. The first-order valence-electron chi connectivity index (χ1n) is 7.20. The lowest BCUT2D eigenvalue weighted by molar-refractivity contribution is 1.20. The van der Waals surface area contributed by atoms with Crippen molar-refractivity contribution in [1.29, 1.82) is 0 Å². The second kappa shape index (κ2) is 5.84. The van der Waals surface area contributed by atoms with Crippen molar-refractivity contribution in [3.8, 4) is 11.1 Å². The molecule has 1 heteroatoms. The number of nitrogens with zero attached hydrogens (tertiary/aromatic N) is 1. The van der Waals surface area contributed by atoms with E-state index in [0.29, 0.717) is 0 Å². The smallest absolute Gasteiger partial charge is 0.0408 e. The molecule has 0 aliphatic carbocycles. The topological polar surface area (TPSA) is 3.24 Å². The van der Waals surface area contributed by atoms with E-state index in [1.807, 2.05) is 6.07 Å². The highest BCUT2D eigenvalue weighted by Crippen LogP contribution is 2.27. The van der Waals surface area contributed by atoms with Crippen molar-refractivity contribution in [2.24, 2.45) is 0 Å². The summed E-state index contributed by atoms with van der Waals surface area (Å²) in [4.78, 5) is 2.20. The Hall–Kier alpha value is -2.54. The van der Waals surface area contributed by atoms with Crippen LogP contribution in [0.3, 0.4) is 0 Å². The first kappa shape index (κ1) is 13.4. The number of aryl methyl sites for hydroxylation is 1. The molecule has 0 saturated heterocycles. The molecule has 0 aliphatic heterocycles. The highest BCUT2D eigenvalue weighted by Gasteiger charge is 2.04. The van der Waals surface area contributed by atoms with Gasteiger partial charge in [0.15, 0.2) is 0 Å². The van der Waals surface area contributed by atoms with E-state index in [0.717, 1.165) is 0 Å². The molecule has 0 heterocycles. The van der Waals surface area contributed by atoms with E-state index in [1.54, 1.807) is 0 Å². The van der Waals surface area contributed by atoms with Crippen LogP contribution in [0.1, 0.15) is 5.56 Å². The first-order valence-corrected chi connectivity index (χ1v) is 7.20. The van der Waals surface area contributed by atoms with Crippen molar-refractivity contribution in [3.05, 3.63) is 84.4 Å². The van der Waals surface area contributed by atoms with E-state index >= 15 is 0 Å². The van der Waals surface area contributed by atoms with Gasteiger partial charge in [0.1, 0.15) is 0 Å². The van der Waals surface area contributed by atoms with Crippen molar-refractivity contribution in [1.82, 2.24) is 0 Å². The van der Waals surface area contributed by atoms with Crippen LogP contribution in [0.4, 0.5) is 11.4 Å². The van der Waals surface area contributed by atoms with Gasteiger partial charge in [-0.15, -0.1) is 0 Å². The molecule has 0 aliphatic rings. The molecule has 3 aromatic rings. The number of hydrogen-bond donors (Lipinski definition) is 0. The zero-order valence-corrected chi connectivity index (χ0v) is 12.5. The van der Waals surface area contributed by atoms with Crippen LogP contribution in [-0.2, 0) is 0 Å². The monoisotopic (exact) mass is 273 g/mol. The zero-order valence-electron chi connectivity index (χ0n) is 12.5. The minimum atomic E-state index is 1.19. The van der Waals surface area contributed by atoms with E-state index in [9.17, 15) is 0 Å². The fourth-order valence-electron chi connectivity index (χ4n) is 2.43. The zero-order chi connectivity index (χ0) is 14.7. The molecule has 0 atom stereocenters. The summed E-state index contributed by atoms with van der Waals surface area (Å²) in [6.45, 7) is 2.11. The Bertz CT molecular complexity index is 697. The summed E-state index contributed by atoms with van der Waals surface area (Å²) in [5.41, 5.74) is 6.18. The SMILES string of the molecule is Cc1ccc(N(C)c2ccc(-c3ccccc3)cc2)cc1. The molecular weight excluding hydrogens is 254 g/mol. The normalized spacial score (nSPS) is 10.4. The van der Waals surface area contributed by atoms with Crippen molar-refractivity contribution in [3.63, 3.8) is 0 Å². The number of rotatable bonds is 3. The van der Waals surface area contributed by atoms with Gasteiger partial charge in [-0.2, -0.15) is 0 Å². The summed E-state index contributed by atoms with van der Waals surface area (Å²) in [7, 11) is 2.10. The van der Waals surface area contributed by atoms with Gasteiger partial charge in [0, 0.05) is 18.4 Å². The van der Waals surface area contributed by atoms with Crippen LogP contribution in [-0.4, -0.2) is 7.05 Å². The Labute approximate surface area is 126 Å². The van der Waals surface area contributed by atoms with Crippen molar-refractivity contribution < 1.29 is 0 Å². The Morgan fingerprint density at radius 1 is 0.571 bits per heavy atom. The molecule has 0 bridgehead atoms. The van der Waals surface area contributed by atoms with Gasteiger partial charge >= 0.3 is 0 Å². The van der Waals surface area contributed by atoms with Gasteiger partial charge in [0.05, 0.1) is 0 Å². The highest BCUT2D eigenvalue weighted by atomic mass is 15.1. The Kier molecular flexibility index (Phi) is 3.74. The summed E-state index contributed by atoms with van der Waals surface area (Å²) < 4.78 is 0. The second-order valence-electron chi connectivity index (χ2n) is 5.31. The van der Waals surface area contributed by atoms with Crippen molar-refractivity contribution in [2.45, 2.75) is 6.92 Å². The van der Waals surface area contributed by atoms with Crippen LogP contribution in [0.25, 0.3) is 11.1 Å². The number of anilines is 2. The lowest BCUT2D eigenvalue weighted by Gasteiger charge is -2.20. The molecule has 0 saturated carbocycles. The molecule has 0 radical (unpaired) electrons. The van der Waals surface area contributed by atoms with Gasteiger partial charge in [-0.3, -0.25) is 0 Å². The van der Waals surface area contributed by atoms with Crippen molar-refractivity contribution >= 4 is 11.4 Å². The van der Waals surface area contributed by atoms with Crippen LogP contribution >= 0.6 is 0 Å². The summed E-state index contributed by atoms with van der Waals surface area (Å²) in [6.07, 6.45) is 0. The lowest BCUT2D eigenvalue weighted by atomic mass is 10.1. The third-order valence-electron chi connectivity index (χ3n) is 3.78. The number of hydrogen-bond acceptors (Lipinski definition) is 1. The van der Waals surface area contributed by atoms with Gasteiger partial charge in [0.2, 0.25) is 0 Å². The van der Waals surface area contributed by atoms with Gasteiger partial charge in [0.25, 0.3) is 0 Å². The third kappa shape index (κ3) is 2.97. The fourth-order valence-corrected chi connectivity index (χ4v) is 2.43. The minimum Gasteiger partial charge on any atom is -0.345 e. The second-order valence-corrected chi connectivity index (χ2v) is 5.31. The number of benzene rings is 3. The van der Waals surface area contributed by atoms with Gasteiger partial charge < -0.3 is 4.90 Å². The average Bonchev–Trinajstić information content (AvgIpc) is 2.56. The molecule has 0 N–H and O–H groups in total. The maximum atomic E-state index is 2.20. The lowest BCUT2D eigenvalue weighted by Crippen LogP contribution is -2.08. The summed E-state index contributed by atoms with van der Waals surface area (Å²) in [6, 6.07) is 27.7. The fraction of sp³-hybridized carbons (Fsp3) is 0.100. The van der Waals surface area contributed by atoms with Crippen LogP contribution in [0.15, 0.2) is 78.9 Å². The largest absolute Gasteiger partial charge is 0.345 e. The molecule has 0 unspecified atom stereocenters. The first-order chi connectivity index (χ1) is 10.2. The average molecular weight is 273 g/mol. The minimum absolute atomic E-state index is 1.19. The molecule has 0 spiro atoms. The van der Waals surface area contributed by atoms with Crippen molar-refractivity contribution in [2.75, 3.05) is 11.9 Å². The quantitative estimate of drug-likeness (QED) is 0.615. The highest BCUT2D eigenvalue weighted by molar-refractivity contribution is 5.69. The molecule has 0 amide bonds. The van der Waals surface area contributed by atoms with E-state index < -0.39 is 0 Å². The van der Waals surface area contributed by atoms with Crippen LogP contribution < -0.4 is 4.90 Å². The molecule has 21 heavy (non-hydrogen) atoms. The predicted molar refractivity (Wildman–Crippen MR) is 91.1 cm³/mol. The molecule has 0 aromatic heterocycles. The van der Waals surface area contributed by atoms with E-state index in [1.165, 1.54) is 28.1 Å².